The van der Waals surface area contributed by atoms with E-state index in [9.17, 15) is 4.79 Å². The number of hydrogen-bond donors (Lipinski definition) is 0. The van der Waals surface area contributed by atoms with Crippen molar-refractivity contribution < 1.29 is 4.79 Å². The van der Waals surface area contributed by atoms with Crippen LogP contribution in [0.4, 0.5) is 5.69 Å². The summed E-state index contributed by atoms with van der Waals surface area (Å²) in [4.78, 5) is 26.0. The standard InChI is InChI=1S/C19H24N4O/c1-19(2,3)18-20-10-13-11-23(12-15(13)21-18)17(24)14-8-6-7-9-16(14)22(4)5/h6-10H,11-12H2,1-5H3. The molecule has 1 aliphatic heterocycles. The monoisotopic (exact) mass is 324 g/mol. The largest absolute Gasteiger partial charge is 0.377 e. The van der Waals surface area contributed by atoms with E-state index in [-0.39, 0.29) is 11.3 Å². The molecule has 0 saturated carbocycles. The smallest absolute Gasteiger partial charge is 0.256 e. The average molecular weight is 324 g/mol. The van der Waals surface area contributed by atoms with Crippen molar-refractivity contribution in [1.29, 1.82) is 0 Å². The van der Waals surface area contributed by atoms with E-state index in [4.69, 9.17) is 4.98 Å². The Balaban J connectivity index is 1.87. The molecule has 0 N–H and O–H groups in total. The highest BCUT2D eigenvalue weighted by molar-refractivity contribution is 5.99. The predicted octanol–water partition coefficient (Wildman–Crippen LogP) is 3.00. The first kappa shape index (κ1) is 16.4. The van der Waals surface area contributed by atoms with E-state index in [0.717, 1.165) is 28.3 Å². The van der Waals surface area contributed by atoms with Gasteiger partial charge in [0, 0.05) is 43.5 Å². The number of anilines is 1. The number of carbonyl (C=O) groups excluding carboxylic acids is 1. The summed E-state index contributed by atoms with van der Waals surface area (Å²) in [5, 5.41) is 0. The molecule has 0 saturated heterocycles. The van der Waals surface area contributed by atoms with Crippen LogP contribution in [-0.4, -0.2) is 34.9 Å². The SMILES string of the molecule is CN(C)c1ccccc1C(=O)N1Cc2cnc(C(C)(C)C)nc2C1. The Morgan fingerprint density at radius 1 is 1.17 bits per heavy atom. The number of nitrogens with zero attached hydrogens (tertiary/aromatic N) is 4. The van der Waals surface area contributed by atoms with Gasteiger partial charge in [-0.15, -0.1) is 0 Å². The van der Waals surface area contributed by atoms with Crippen molar-refractivity contribution in [2.24, 2.45) is 0 Å². The fourth-order valence-corrected chi connectivity index (χ4v) is 2.87. The highest BCUT2D eigenvalue weighted by Crippen LogP contribution is 2.27. The van der Waals surface area contributed by atoms with Gasteiger partial charge in [-0.05, 0) is 12.1 Å². The molecule has 0 bridgehead atoms. The van der Waals surface area contributed by atoms with Crippen molar-refractivity contribution in [2.75, 3.05) is 19.0 Å². The Labute approximate surface area is 143 Å². The fourth-order valence-electron chi connectivity index (χ4n) is 2.87. The molecule has 5 nitrogen and oxygen atoms in total. The minimum atomic E-state index is -0.0933. The van der Waals surface area contributed by atoms with Crippen LogP contribution in [0.5, 0.6) is 0 Å². The van der Waals surface area contributed by atoms with Gasteiger partial charge < -0.3 is 9.80 Å². The summed E-state index contributed by atoms with van der Waals surface area (Å²) in [6, 6.07) is 7.70. The average Bonchev–Trinajstić information content (AvgIpc) is 2.96. The third-order valence-corrected chi connectivity index (χ3v) is 4.23. The second-order valence-corrected chi connectivity index (χ2v) is 7.49. The first-order valence-electron chi connectivity index (χ1n) is 8.18. The van der Waals surface area contributed by atoms with E-state index < -0.39 is 0 Å². The van der Waals surface area contributed by atoms with E-state index in [1.54, 1.807) is 0 Å². The molecule has 5 heteroatoms. The van der Waals surface area contributed by atoms with Crippen molar-refractivity contribution in [1.82, 2.24) is 14.9 Å². The van der Waals surface area contributed by atoms with Crippen molar-refractivity contribution in [2.45, 2.75) is 39.3 Å². The molecule has 0 spiro atoms. The Morgan fingerprint density at radius 2 is 1.88 bits per heavy atom. The maximum Gasteiger partial charge on any atom is 0.256 e. The minimum absolute atomic E-state index is 0.0367. The number of para-hydroxylation sites is 1. The molecule has 0 unspecified atom stereocenters. The van der Waals surface area contributed by atoms with Crippen LogP contribution in [0.1, 0.15) is 48.2 Å². The van der Waals surface area contributed by atoms with Crippen molar-refractivity contribution in [3.05, 3.63) is 53.1 Å². The quantitative estimate of drug-likeness (QED) is 0.852. The van der Waals surface area contributed by atoms with Crippen LogP contribution in [0, 0.1) is 0 Å². The molecule has 0 aliphatic carbocycles. The minimum Gasteiger partial charge on any atom is -0.377 e. The van der Waals surface area contributed by atoms with Gasteiger partial charge in [0.25, 0.3) is 5.91 Å². The van der Waals surface area contributed by atoms with Gasteiger partial charge in [0.1, 0.15) is 5.82 Å². The first-order valence-corrected chi connectivity index (χ1v) is 8.18. The van der Waals surface area contributed by atoms with E-state index in [1.807, 2.05) is 54.4 Å². The number of aromatic nitrogens is 2. The summed E-state index contributed by atoms with van der Waals surface area (Å²) in [7, 11) is 3.90. The zero-order valence-electron chi connectivity index (χ0n) is 15.0. The third kappa shape index (κ3) is 2.98. The molecule has 1 aromatic carbocycles. The lowest BCUT2D eigenvalue weighted by Crippen LogP contribution is -2.27. The Hall–Kier alpha value is -2.43. The zero-order chi connectivity index (χ0) is 17.5. The maximum absolute atomic E-state index is 13.0. The number of benzene rings is 1. The van der Waals surface area contributed by atoms with Gasteiger partial charge in [0.15, 0.2) is 0 Å². The highest BCUT2D eigenvalue weighted by atomic mass is 16.2. The van der Waals surface area contributed by atoms with Gasteiger partial charge in [0.2, 0.25) is 0 Å². The van der Waals surface area contributed by atoms with Crippen LogP contribution >= 0.6 is 0 Å². The molecule has 24 heavy (non-hydrogen) atoms. The van der Waals surface area contributed by atoms with Crippen LogP contribution in [-0.2, 0) is 18.5 Å². The first-order chi connectivity index (χ1) is 11.3. The summed E-state index contributed by atoms with van der Waals surface area (Å²) in [5.41, 5.74) is 3.56. The van der Waals surface area contributed by atoms with Gasteiger partial charge in [-0.2, -0.15) is 0 Å². The summed E-state index contributed by atoms with van der Waals surface area (Å²) < 4.78 is 0. The van der Waals surface area contributed by atoms with E-state index in [2.05, 4.69) is 25.8 Å². The second-order valence-electron chi connectivity index (χ2n) is 7.49. The molecular weight excluding hydrogens is 300 g/mol. The zero-order valence-corrected chi connectivity index (χ0v) is 15.0. The molecule has 0 fully saturated rings. The number of rotatable bonds is 2. The topological polar surface area (TPSA) is 49.3 Å². The fraction of sp³-hybridized carbons (Fsp3) is 0.421. The van der Waals surface area contributed by atoms with Crippen LogP contribution in [0.15, 0.2) is 30.5 Å². The van der Waals surface area contributed by atoms with Crippen LogP contribution in [0.25, 0.3) is 0 Å². The van der Waals surface area contributed by atoms with Crippen molar-refractivity contribution in [3.8, 4) is 0 Å². The second kappa shape index (κ2) is 5.89. The van der Waals surface area contributed by atoms with Gasteiger partial charge in [-0.25, -0.2) is 9.97 Å². The summed E-state index contributed by atoms with van der Waals surface area (Å²) in [6.45, 7) is 7.40. The lowest BCUT2D eigenvalue weighted by Gasteiger charge is -2.21. The van der Waals surface area contributed by atoms with Gasteiger partial charge in [-0.1, -0.05) is 32.9 Å². The highest BCUT2D eigenvalue weighted by Gasteiger charge is 2.29. The van der Waals surface area contributed by atoms with Crippen LogP contribution in [0.2, 0.25) is 0 Å². The number of hydrogen-bond acceptors (Lipinski definition) is 4. The van der Waals surface area contributed by atoms with Gasteiger partial charge in [0.05, 0.1) is 17.8 Å². The molecule has 0 radical (unpaired) electrons. The third-order valence-electron chi connectivity index (χ3n) is 4.23. The molecule has 2 heterocycles. The molecule has 0 atom stereocenters. The lowest BCUT2D eigenvalue weighted by molar-refractivity contribution is 0.0751. The number of amides is 1. The summed E-state index contributed by atoms with van der Waals surface area (Å²) >= 11 is 0. The molecule has 2 aromatic rings. The molecule has 1 aromatic heterocycles. The Bertz CT molecular complexity index is 777. The van der Waals surface area contributed by atoms with Crippen LogP contribution in [0.3, 0.4) is 0 Å². The molecule has 126 valence electrons. The van der Waals surface area contributed by atoms with Gasteiger partial charge >= 0.3 is 0 Å². The molecular formula is C19H24N4O. The maximum atomic E-state index is 13.0. The lowest BCUT2D eigenvalue weighted by atomic mass is 9.95. The van der Waals surface area contributed by atoms with E-state index in [1.165, 1.54) is 0 Å². The van der Waals surface area contributed by atoms with Gasteiger partial charge in [-0.3, -0.25) is 4.79 Å². The van der Waals surface area contributed by atoms with Crippen molar-refractivity contribution in [3.63, 3.8) is 0 Å². The number of carbonyl (C=O) groups is 1. The Morgan fingerprint density at radius 3 is 2.54 bits per heavy atom. The summed E-state index contributed by atoms with van der Waals surface area (Å²) in [6.07, 6.45) is 1.87. The molecule has 3 rings (SSSR count). The van der Waals surface area contributed by atoms with E-state index in [0.29, 0.717) is 13.1 Å². The summed E-state index contributed by atoms with van der Waals surface area (Å²) in [5.74, 6) is 0.860. The van der Waals surface area contributed by atoms with Crippen LogP contribution < -0.4 is 4.90 Å². The molecule has 1 aliphatic rings. The number of fused-ring (bicyclic) bond motifs is 1. The predicted molar refractivity (Wildman–Crippen MR) is 95.1 cm³/mol. The Kier molecular flexibility index (Phi) is 4.03. The van der Waals surface area contributed by atoms with E-state index >= 15 is 0 Å². The van der Waals surface area contributed by atoms with Crippen molar-refractivity contribution >= 4 is 11.6 Å². The normalized spacial score (nSPS) is 13.8. The molecule has 1 amide bonds.